The summed E-state index contributed by atoms with van der Waals surface area (Å²) >= 11 is 1.03. The average molecular weight is 358 g/mol. The third-order valence-corrected chi connectivity index (χ3v) is 4.59. The molecule has 1 aromatic carbocycles. The zero-order valence-electron chi connectivity index (χ0n) is 13.2. The van der Waals surface area contributed by atoms with Gasteiger partial charge in [-0.15, -0.1) is 11.3 Å². The first-order valence-corrected chi connectivity index (χ1v) is 8.28. The van der Waals surface area contributed by atoms with Crippen molar-refractivity contribution in [3.05, 3.63) is 57.0 Å². The molecule has 0 spiro atoms. The van der Waals surface area contributed by atoms with Gasteiger partial charge in [0, 0.05) is 11.8 Å². The van der Waals surface area contributed by atoms with Gasteiger partial charge in [-0.25, -0.2) is 9.78 Å². The Morgan fingerprint density at radius 2 is 2.16 bits per heavy atom. The number of carbonyl (C=O) groups excluding carboxylic acids is 1. The molecular formula is C17H14N2O5S. The molecule has 0 aliphatic heterocycles. The van der Waals surface area contributed by atoms with Crippen LogP contribution in [0.25, 0.3) is 10.2 Å². The van der Waals surface area contributed by atoms with Crippen molar-refractivity contribution in [2.24, 2.45) is 0 Å². The van der Waals surface area contributed by atoms with Crippen LogP contribution in [0.1, 0.15) is 33.0 Å². The molecule has 128 valence electrons. The van der Waals surface area contributed by atoms with E-state index in [1.54, 1.807) is 7.11 Å². The van der Waals surface area contributed by atoms with Crippen molar-refractivity contribution in [1.82, 2.24) is 9.97 Å². The molecule has 2 heterocycles. The highest BCUT2D eigenvalue weighted by molar-refractivity contribution is 7.17. The quantitative estimate of drug-likeness (QED) is 0.655. The van der Waals surface area contributed by atoms with Gasteiger partial charge < -0.3 is 14.8 Å². The van der Waals surface area contributed by atoms with Gasteiger partial charge in [0.05, 0.1) is 18.1 Å². The number of aromatic carboxylic acids is 1. The number of nitrogens with zero attached hydrogens (tertiary/aromatic N) is 1. The number of hydrogen-bond donors (Lipinski definition) is 2. The molecule has 2 aromatic heterocycles. The second kappa shape index (κ2) is 6.86. The number of aryl methyl sites for hydroxylation is 1. The van der Waals surface area contributed by atoms with Crippen LogP contribution in [0, 0.1) is 0 Å². The fraction of sp³-hybridized carbons (Fsp3) is 0.176. The van der Waals surface area contributed by atoms with E-state index in [1.165, 1.54) is 5.38 Å². The smallest absolute Gasteiger partial charge is 0.337 e. The zero-order valence-corrected chi connectivity index (χ0v) is 14.1. The maximum atomic E-state index is 12.3. The van der Waals surface area contributed by atoms with Crippen LogP contribution in [0.3, 0.4) is 0 Å². The molecule has 0 amide bonds. The van der Waals surface area contributed by atoms with Crippen molar-refractivity contribution in [3.8, 4) is 5.75 Å². The fourth-order valence-electron chi connectivity index (χ4n) is 2.44. The number of H-pyrrole nitrogens is 1. The molecule has 8 heteroatoms. The van der Waals surface area contributed by atoms with Gasteiger partial charge >= 0.3 is 5.97 Å². The molecule has 25 heavy (non-hydrogen) atoms. The van der Waals surface area contributed by atoms with Gasteiger partial charge in [0.2, 0.25) is 0 Å². The average Bonchev–Trinajstić information content (AvgIpc) is 3.04. The molecule has 0 aliphatic rings. The fourth-order valence-corrected chi connectivity index (χ4v) is 3.36. The van der Waals surface area contributed by atoms with Crippen LogP contribution in [0.15, 0.2) is 34.4 Å². The number of carboxylic acids is 1. The second-order valence-corrected chi connectivity index (χ2v) is 6.18. The Hall–Kier alpha value is -3.00. The third kappa shape index (κ3) is 3.43. The number of benzene rings is 1. The number of carbonyl (C=O) groups is 2. The van der Waals surface area contributed by atoms with Crippen LogP contribution in [0.4, 0.5) is 0 Å². The van der Waals surface area contributed by atoms with E-state index in [-0.39, 0.29) is 33.8 Å². The molecule has 0 aliphatic carbocycles. The molecule has 3 aromatic rings. The molecule has 2 N–H and O–H groups in total. The summed E-state index contributed by atoms with van der Waals surface area (Å²) < 4.78 is 5.14. The number of ketones is 1. The number of fused-ring (bicyclic) bond motifs is 1. The summed E-state index contributed by atoms with van der Waals surface area (Å²) in [5.41, 5.74) is 0.206. The summed E-state index contributed by atoms with van der Waals surface area (Å²) in [7, 11) is 1.57. The number of hydrogen-bond acceptors (Lipinski definition) is 6. The number of Topliss-reactive ketones (excluding diaryl/α,β-unsaturated/α-hetero) is 1. The Morgan fingerprint density at radius 1 is 1.36 bits per heavy atom. The minimum absolute atomic E-state index is 0.00171. The predicted octanol–water partition coefficient (Wildman–Crippen LogP) is 2.51. The van der Waals surface area contributed by atoms with Crippen LogP contribution < -0.4 is 10.3 Å². The van der Waals surface area contributed by atoms with E-state index in [2.05, 4.69) is 9.97 Å². The monoisotopic (exact) mass is 358 g/mol. The molecule has 0 saturated carbocycles. The number of aromatic nitrogens is 2. The van der Waals surface area contributed by atoms with Crippen molar-refractivity contribution >= 4 is 33.3 Å². The van der Waals surface area contributed by atoms with Crippen molar-refractivity contribution in [3.63, 3.8) is 0 Å². The van der Waals surface area contributed by atoms with Crippen molar-refractivity contribution in [2.75, 3.05) is 7.11 Å². The highest BCUT2D eigenvalue weighted by atomic mass is 32.1. The van der Waals surface area contributed by atoms with Crippen molar-refractivity contribution < 1.29 is 19.4 Å². The first-order chi connectivity index (χ1) is 12.0. The summed E-state index contributed by atoms with van der Waals surface area (Å²) in [6.45, 7) is 0. The molecule has 0 radical (unpaired) electrons. The van der Waals surface area contributed by atoms with E-state index in [0.29, 0.717) is 12.2 Å². The first-order valence-electron chi connectivity index (χ1n) is 7.40. The molecular weight excluding hydrogens is 344 g/mol. The topological polar surface area (TPSA) is 109 Å². The standard InChI is InChI=1S/C17H14N2O5S/c1-24-10-4-2-3-9(7-10)5-6-12(20)14-18-15(21)13-11(17(22)23)8-25-16(13)19-14/h2-4,7-8H,5-6H2,1H3,(H,22,23)(H,18,19,21). The van der Waals surface area contributed by atoms with Crippen LogP contribution in [0.2, 0.25) is 0 Å². The number of ether oxygens (including phenoxy) is 1. The minimum atomic E-state index is -1.20. The molecule has 0 fully saturated rings. The van der Waals surface area contributed by atoms with Crippen molar-refractivity contribution in [1.29, 1.82) is 0 Å². The van der Waals surface area contributed by atoms with E-state index in [0.717, 1.165) is 16.9 Å². The summed E-state index contributed by atoms with van der Waals surface area (Å²) in [6.07, 6.45) is 0.640. The van der Waals surface area contributed by atoms with Gasteiger partial charge in [0.25, 0.3) is 5.56 Å². The molecule has 0 unspecified atom stereocenters. The predicted molar refractivity (Wildman–Crippen MR) is 92.8 cm³/mol. The van der Waals surface area contributed by atoms with Gasteiger partial charge in [-0.1, -0.05) is 12.1 Å². The van der Waals surface area contributed by atoms with Crippen LogP contribution in [-0.4, -0.2) is 33.9 Å². The van der Waals surface area contributed by atoms with Gasteiger partial charge in [-0.05, 0) is 24.1 Å². The second-order valence-electron chi connectivity index (χ2n) is 5.32. The SMILES string of the molecule is COc1cccc(CCC(=O)c2nc3scc(C(=O)O)c3c(=O)[nH]2)c1. The largest absolute Gasteiger partial charge is 0.497 e. The van der Waals surface area contributed by atoms with Crippen LogP contribution in [-0.2, 0) is 6.42 Å². The van der Waals surface area contributed by atoms with E-state index in [9.17, 15) is 14.4 Å². The number of carboxylic acid groups (broad SMARTS) is 1. The Kier molecular flexibility index (Phi) is 4.62. The maximum absolute atomic E-state index is 12.3. The van der Waals surface area contributed by atoms with Gasteiger partial charge in [0.15, 0.2) is 11.6 Å². The van der Waals surface area contributed by atoms with Gasteiger partial charge in [-0.2, -0.15) is 0 Å². The normalized spacial score (nSPS) is 10.8. The molecule has 0 atom stereocenters. The van der Waals surface area contributed by atoms with E-state index < -0.39 is 11.5 Å². The molecule has 3 rings (SSSR count). The van der Waals surface area contributed by atoms with Gasteiger partial charge in [0.1, 0.15) is 10.6 Å². The number of nitrogens with one attached hydrogen (secondary N) is 1. The number of methoxy groups -OCH3 is 1. The van der Waals surface area contributed by atoms with E-state index >= 15 is 0 Å². The summed E-state index contributed by atoms with van der Waals surface area (Å²) in [6, 6.07) is 7.37. The zero-order chi connectivity index (χ0) is 18.0. The third-order valence-electron chi connectivity index (χ3n) is 3.71. The Bertz CT molecular complexity index is 1020. The molecule has 0 saturated heterocycles. The minimum Gasteiger partial charge on any atom is -0.497 e. The summed E-state index contributed by atoms with van der Waals surface area (Å²) in [4.78, 5) is 42.3. The van der Waals surface area contributed by atoms with E-state index in [4.69, 9.17) is 9.84 Å². The highest BCUT2D eigenvalue weighted by Gasteiger charge is 2.18. The lowest BCUT2D eigenvalue weighted by Gasteiger charge is -2.04. The van der Waals surface area contributed by atoms with Gasteiger partial charge in [-0.3, -0.25) is 9.59 Å². The Balaban J connectivity index is 1.82. The lowest BCUT2D eigenvalue weighted by molar-refractivity contribution is 0.0699. The molecule has 7 nitrogen and oxygen atoms in total. The lowest BCUT2D eigenvalue weighted by atomic mass is 10.1. The van der Waals surface area contributed by atoms with Crippen LogP contribution >= 0.6 is 11.3 Å². The van der Waals surface area contributed by atoms with Crippen LogP contribution in [0.5, 0.6) is 5.75 Å². The van der Waals surface area contributed by atoms with E-state index in [1.807, 2.05) is 24.3 Å². The van der Waals surface area contributed by atoms with Crippen molar-refractivity contribution in [2.45, 2.75) is 12.8 Å². The maximum Gasteiger partial charge on any atom is 0.337 e. The lowest BCUT2D eigenvalue weighted by Crippen LogP contribution is -2.17. The Labute approximate surface area is 145 Å². The highest BCUT2D eigenvalue weighted by Crippen LogP contribution is 2.21. The molecule has 0 bridgehead atoms. The summed E-state index contributed by atoms with van der Waals surface area (Å²) in [5, 5.41) is 10.4. The number of thiophene rings is 1. The number of aromatic amines is 1. The number of rotatable bonds is 6. The first kappa shape index (κ1) is 16.8. The Morgan fingerprint density at radius 3 is 2.88 bits per heavy atom. The summed E-state index contributed by atoms with van der Waals surface area (Å²) in [5.74, 6) is -0.861.